The molecule has 0 aromatic heterocycles. The largest absolute Gasteiger partial charge is 0.447 e. The van der Waals surface area contributed by atoms with Crippen molar-refractivity contribution >= 4 is 17.9 Å². The molecule has 2 aliphatic heterocycles. The number of carbonyl (C=O) groups is 3. The lowest BCUT2D eigenvalue weighted by Gasteiger charge is -2.19. The first-order chi connectivity index (χ1) is 10.6. The van der Waals surface area contributed by atoms with Gasteiger partial charge in [0.15, 0.2) is 0 Å². The minimum atomic E-state index is -0.615. The highest BCUT2D eigenvalue weighted by Gasteiger charge is 2.35. The highest BCUT2D eigenvalue weighted by atomic mass is 16.6. The maximum atomic E-state index is 12.2. The fourth-order valence-corrected chi connectivity index (χ4v) is 2.67. The van der Waals surface area contributed by atoms with E-state index >= 15 is 0 Å². The van der Waals surface area contributed by atoms with Crippen molar-refractivity contribution < 1.29 is 19.1 Å². The van der Waals surface area contributed by atoms with Gasteiger partial charge in [-0.25, -0.2) is 4.79 Å². The van der Waals surface area contributed by atoms with Crippen molar-refractivity contribution in [3.05, 3.63) is 35.9 Å². The first kappa shape index (κ1) is 14.4. The number of ether oxygens (including phenoxy) is 1. The van der Waals surface area contributed by atoms with Crippen LogP contribution in [0.4, 0.5) is 4.79 Å². The summed E-state index contributed by atoms with van der Waals surface area (Å²) in [5, 5.41) is 5.40. The average molecular weight is 303 g/mol. The molecule has 3 amide bonds. The number of nitrogens with zero attached hydrogens (tertiary/aromatic N) is 1. The summed E-state index contributed by atoms with van der Waals surface area (Å²) in [5.74, 6) is -0.306. The molecule has 2 aliphatic rings. The molecule has 0 spiro atoms. The molecule has 2 atom stereocenters. The second-order valence-corrected chi connectivity index (χ2v) is 5.40. The molecule has 3 rings (SSSR count). The molecule has 116 valence electrons. The molecule has 7 nitrogen and oxygen atoms in total. The van der Waals surface area contributed by atoms with Crippen LogP contribution in [-0.2, 0) is 9.53 Å². The van der Waals surface area contributed by atoms with Crippen LogP contribution in [0, 0.1) is 0 Å². The van der Waals surface area contributed by atoms with Crippen molar-refractivity contribution in [1.82, 2.24) is 15.5 Å². The van der Waals surface area contributed by atoms with E-state index in [1.807, 2.05) is 18.2 Å². The van der Waals surface area contributed by atoms with Crippen LogP contribution in [0.25, 0.3) is 0 Å². The van der Waals surface area contributed by atoms with Crippen molar-refractivity contribution in [1.29, 1.82) is 0 Å². The van der Waals surface area contributed by atoms with Crippen molar-refractivity contribution in [3.8, 4) is 0 Å². The summed E-state index contributed by atoms with van der Waals surface area (Å²) in [5.41, 5.74) is 0.601. The first-order valence-electron chi connectivity index (χ1n) is 7.21. The van der Waals surface area contributed by atoms with Gasteiger partial charge in [-0.15, -0.1) is 0 Å². The van der Waals surface area contributed by atoms with Crippen molar-refractivity contribution in [3.63, 3.8) is 0 Å². The first-order valence-corrected chi connectivity index (χ1v) is 7.21. The molecular weight excluding hydrogens is 286 g/mol. The number of carbonyl (C=O) groups excluding carboxylic acids is 3. The van der Waals surface area contributed by atoms with E-state index in [0.717, 1.165) is 0 Å². The summed E-state index contributed by atoms with van der Waals surface area (Å²) in [7, 11) is 0. The monoisotopic (exact) mass is 303 g/mol. The minimum absolute atomic E-state index is 0.0647. The van der Waals surface area contributed by atoms with Gasteiger partial charge < -0.3 is 20.3 Å². The highest BCUT2D eigenvalue weighted by molar-refractivity contribution is 5.94. The molecule has 1 aromatic carbocycles. The Morgan fingerprint density at radius 2 is 2.05 bits per heavy atom. The zero-order valence-electron chi connectivity index (χ0n) is 12.0. The lowest BCUT2D eigenvalue weighted by atomic mass is 10.2. The maximum Gasteiger partial charge on any atom is 0.407 e. The molecule has 0 aliphatic carbocycles. The van der Waals surface area contributed by atoms with Gasteiger partial charge in [0.05, 0.1) is 0 Å². The predicted molar refractivity (Wildman–Crippen MR) is 77.2 cm³/mol. The Morgan fingerprint density at radius 3 is 2.73 bits per heavy atom. The van der Waals surface area contributed by atoms with E-state index in [-0.39, 0.29) is 24.5 Å². The minimum Gasteiger partial charge on any atom is -0.447 e. The molecule has 2 heterocycles. The molecule has 2 fully saturated rings. The smallest absolute Gasteiger partial charge is 0.407 e. The fourth-order valence-electron chi connectivity index (χ4n) is 2.67. The van der Waals surface area contributed by atoms with Crippen LogP contribution in [0.15, 0.2) is 30.3 Å². The van der Waals surface area contributed by atoms with E-state index in [1.54, 1.807) is 17.0 Å². The van der Waals surface area contributed by atoms with E-state index < -0.39 is 12.1 Å². The third-order valence-electron chi connectivity index (χ3n) is 3.84. The number of nitrogens with one attached hydrogen (secondary N) is 2. The molecule has 7 heteroatoms. The summed E-state index contributed by atoms with van der Waals surface area (Å²) >= 11 is 0. The van der Waals surface area contributed by atoms with Gasteiger partial charge in [0.1, 0.15) is 12.6 Å². The van der Waals surface area contributed by atoms with Crippen LogP contribution in [0.3, 0.4) is 0 Å². The zero-order chi connectivity index (χ0) is 15.5. The van der Waals surface area contributed by atoms with Crippen molar-refractivity contribution in [2.45, 2.75) is 18.5 Å². The third-order valence-corrected chi connectivity index (χ3v) is 3.84. The second-order valence-electron chi connectivity index (χ2n) is 5.40. The third kappa shape index (κ3) is 3.03. The molecule has 2 N–H and O–H groups in total. The molecule has 22 heavy (non-hydrogen) atoms. The van der Waals surface area contributed by atoms with Crippen molar-refractivity contribution in [2.24, 2.45) is 0 Å². The maximum absolute atomic E-state index is 12.2. The second kappa shape index (κ2) is 6.05. The van der Waals surface area contributed by atoms with Gasteiger partial charge in [-0.2, -0.15) is 0 Å². The van der Waals surface area contributed by atoms with Crippen LogP contribution in [0.1, 0.15) is 16.8 Å². The van der Waals surface area contributed by atoms with Gasteiger partial charge in [-0.3, -0.25) is 9.59 Å². The van der Waals surface area contributed by atoms with Gasteiger partial charge >= 0.3 is 6.09 Å². The quantitative estimate of drug-likeness (QED) is 0.830. The highest BCUT2D eigenvalue weighted by Crippen LogP contribution is 2.13. The predicted octanol–water partition coefficient (Wildman–Crippen LogP) is 0.126. The molecule has 2 unspecified atom stereocenters. The molecular formula is C15H17N3O4. The molecule has 0 radical (unpaired) electrons. The van der Waals surface area contributed by atoms with Gasteiger partial charge in [-0.05, 0) is 18.6 Å². The Morgan fingerprint density at radius 1 is 1.27 bits per heavy atom. The van der Waals surface area contributed by atoms with Crippen LogP contribution in [0.5, 0.6) is 0 Å². The number of hydrogen-bond donors (Lipinski definition) is 2. The molecule has 1 aromatic rings. The Kier molecular flexibility index (Phi) is 3.95. The lowest BCUT2D eigenvalue weighted by molar-refractivity contribution is -0.132. The normalized spacial score (nSPS) is 23.8. The van der Waals surface area contributed by atoms with E-state index in [2.05, 4.69) is 10.6 Å². The van der Waals surface area contributed by atoms with Gasteiger partial charge in [0, 0.05) is 24.7 Å². The van der Waals surface area contributed by atoms with Gasteiger partial charge in [0.25, 0.3) is 5.91 Å². The Bertz CT molecular complexity index is 590. The standard InChI is InChI=1S/C15H17N3O4/c19-13(10-4-2-1-3-5-10)16-11-6-7-18(8-11)14(20)12-9-22-15(21)17-12/h1-5,11-12H,6-9H2,(H,16,19)(H,17,21). The summed E-state index contributed by atoms with van der Waals surface area (Å²) < 4.78 is 4.73. The average Bonchev–Trinajstić information content (AvgIpc) is 3.16. The number of hydrogen-bond acceptors (Lipinski definition) is 4. The van der Waals surface area contributed by atoms with Crippen LogP contribution < -0.4 is 10.6 Å². The topological polar surface area (TPSA) is 87.7 Å². The number of rotatable bonds is 3. The van der Waals surface area contributed by atoms with Gasteiger partial charge in [0.2, 0.25) is 5.91 Å². The SMILES string of the molecule is O=C1NC(C(=O)N2CCC(NC(=O)c3ccccc3)C2)CO1. The number of cyclic esters (lactones) is 1. The van der Waals surface area contributed by atoms with E-state index in [1.165, 1.54) is 0 Å². The van der Waals surface area contributed by atoms with Crippen LogP contribution in [-0.4, -0.2) is 54.6 Å². The number of likely N-dealkylation sites (tertiary alicyclic amines) is 1. The van der Waals surface area contributed by atoms with E-state index in [0.29, 0.717) is 25.1 Å². The number of alkyl carbamates (subject to hydrolysis) is 1. The lowest BCUT2D eigenvalue weighted by Crippen LogP contribution is -2.46. The summed E-state index contributed by atoms with van der Waals surface area (Å²) in [6.45, 7) is 1.07. The summed E-state index contributed by atoms with van der Waals surface area (Å²) in [4.78, 5) is 36.9. The van der Waals surface area contributed by atoms with Crippen molar-refractivity contribution in [2.75, 3.05) is 19.7 Å². The Hall–Kier alpha value is -2.57. The molecule has 0 saturated carbocycles. The fraction of sp³-hybridized carbons (Fsp3) is 0.400. The van der Waals surface area contributed by atoms with E-state index in [9.17, 15) is 14.4 Å². The summed E-state index contributed by atoms with van der Waals surface area (Å²) in [6.07, 6.45) is 0.137. The zero-order valence-corrected chi connectivity index (χ0v) is 12.0. The van der Waals surface area contributed by atoms with E-state index in [4.69, 9.17) is 4.74 Å². The molecule has 0 bridgehead atoms. The van der Waals surface area contributed by atoms with Crippen LogP contribution in [0.2, 0.25) is 0 Å². The summed E-state index contributed by atoms with van der Waals surface area (Å²) in [6, 6.07) is 8.28. The molecule has 2 saturated heterocycles. The Labute approximate surface area is 127 Å². The number of benzene rings is 1. The van der Waals surface area contributed by atoms with Crippen LogP contribution >= 0.6 is 0 Å². The Balaban J connectivity index is 1.53. The van der Waals surface area contributed by atoms with Gasteiger partial charge in [-0.1, -0.05) is 18.2 Å². The number of amides is 3.